The number of anilines is 1. The van der Waals surface area contributed by atoms with Gasteiger partial charge in [0, 0.05) is 33.6 Å². The maximum absolute atomic E-state index is 12.7. The Bertz CT molecular complexity index is 1010. The van der Waals surface area contributed by atoms with Crippen molar-refractivity contribution in [1.29, 1.82) is 0 Å². The van der Waals surface area contributed by atoms with E-state index in [2.05, 4.69) is 24.4 Å². The van der Waals surface area contributed by atoms with Gasteiger partial charge in [0.2, 0.25) is 0 Å². The van der Waals surface area contributed by atoms with E-state index in [1.54, 1.807) is 12.1 Å². The summed E-state index contributed by atoms with van der Waals surface area (Å²) in [4.78, 5) is 26.6. The predicted molar refractivity (Wildman–Crippen MR) is 105 cm³/mol. The molecule has 0 saturated heterocycles. The minimum absolute atomic E-state index is 0.00145. The summed E-state index contributed by atoms with van der Waals surface area (Å²) in [6.45, 7) is 1.82. The van der Waals surface area contributed by atoms with E-state index >= 15 is 0 Å². The molecule has 5 nitrogen and oxygen atoms in total. The highest BCUT2D eigenvalue weighted by Crippen LogP contribution is 2.35. The molecule has 0 bridgehead atoms. The molecule has 3 aromatic rings. The summed E-state index contributed by atoms with van der Waals surface area (Å²) in [5.74, 6) is -0.721. The minimum Gasteiger partial charge on any atom is -0.395 e. The molecule has 0 saturated carbocycles. The molecule has 1 heterocycles. The number of imide groups is 1. The number of β-amino-alcohol motifs (C(OH)–C–C–N with tert-alkyl or cyclic N) is 1. The summed E-state index contributed by atoms with van der Waals surface area (Å²) in [5.41, 5.74) is 3.01. The summed E-state index contributed by atoms with van der Waals surface area (Å²) < 4.78 is 0. The highest BCUT2D eigenvalue weighted by molar-refractivity contribution is 6.26. The van der Waals surface area contributed by atoms with Crippen LogP contribution in [0.15, 0.2) is 60.7 Å². The summed E-state index contributed by atoms with van der Waals surface area (Å²) in [6, 6.07) is 19.3. The van der Waals surface area contributed by atoms with Gasteiger partial charge in [-0.3, -0.25) is 14.5 Å². The second-order valence-corrected chi connectivity index (χ2v) is 6.65. The van der Waals surface area contributed by atoms with Crippen LogP contribution in [0.1, 0.15) is 39.2 Å². The Morgan fingerprint density at radius 3 is 2.33 bits per heavy atom. The predicted octanol–water partition coefficient (Wildman–Crippen LogP) is 3.60. The lowest BCUT2D eigenvalue weighted by molar-refractivity contribution is 0.0580. The first kappa shape index (κ1) is 17.2. The Kier molecular flexibility index (Phi) is 4.38. The van der Waals surface area contributed by atoms with E-state index in [4.69, 9.17) is 0 Å². The molecule has 2 amide bonds. The van der Waals surface area contributed by atoms with Gasteiger partial charge in [0.15, 0.2) is 0 Å². The van der Waals surface area contributed by atoms with Gasteiger partial charge in [-0.2, -0.15) is 0 Å². The van der Waals surface area contributed by atoms with Gasteiger partial charge < -0.3 is 10.4 Å². The van der Waals surface area contributed by atoms with E-state index in [1.807, 2.05) is 36.4 Å². The van der Waals surface area contributed by atoms with Crippen LogP contribution in [0.4, 0.5) is 5.69 Å². The van der Waals surface area contributed by atoms with E-state index in [0.29, 0.717) is 16.5 Å². The van der Waals surface area contributed by atoms with Gasteiger partial charge in [0.1, 0.15) is 0 Å². The molecule has 1 aliphatic rings. The Morgan fingerprint density at radius 1 is 0.926 bits per heavy atom. The number of carbonyl (C=O) groups is 2. The van der Waals surface area contributed by atoms with Crippen LogP contribution in [0.3, 0.4) is 0 Å². The Morgan fingerprint density at radius 2 is 1.63 bits per heavy atom. The number of carbonyl (C=O) groups excluding carboxylic acids is 2. The minimum atomic E-state index is -0.361. The molecule has 0 aromatic heterocycles. The van der Waals surface area contributed by atoms with E-state index in [1.165, 1.54) is 0 Å². The molecule has 5 heteroatoms. The average Bonchev–Trinajstić information content (AvgIpc) is 2.70. The van der Waals surface area contributed by atoms with Gasteiger partial charge in [0.05, 0.1) is 13.2 Å². The Hall–Kier alpha value is -3.18. The molecule has 136 valence electrons. The molecule has 2 N–H and O–H groups in total. The lowest BCUT2D eigenvalue weighted by Crippen LogP contribution is -2.41. The van der Waals surface area contributed by atoms with Crippen molar-refractivity contribution in [3.8, 4) is 0 Å². The molecule has 4 rings (SSSR count). The fourth-order valence-corrected chi connectivity index (χ4v) is 3.63. The number of nitrogens with zero attached hydrogens (tertiary/aromatic N) is 1. The van der Waals surface area contributed by atoms with Crippen LogP contribution >= 0.6 is 0 Å². The third-order valence-electron chi connectivity index (χ3n) is 4.99. The SMILES string of the molecule is C[C@H](Nc1ccc2c3c(cccc13)C(=O)N(CCO)C2=O)c1ccccc1. The zero-order valence-electron chi connectivity index (χ0n) is 15.0. The first-order chi connectivity index (χ1) is 13.1. The van der Waals surface area contributed by atoms with Crippen molar-refractivity contribution in [1.82, 2.24) is 4.90 Å². The van der Waals surface area contributed by atoms with Crippen molar-refractivity contribution in [2.45, 2.75) is 13.0 Å². The number of nitrogens with one attached hydrogen (secondary N) is 1. The highest BCUT2D eigenvalue weighted by atomic mass is 16.3. The molecule has 27 heavy (non-hydrogen) atoms. The van der Waals surface area contributed by atoms with Crippen molar-refractivity contribution in [2.75, 3.05) is 18.5 Å². The van der Waals surface area contributed by atoms with Crippen molar-refractivity contribution < 1.29 is 14.7 Å². The topological polar surface area (TPSA) is 69.6 Å². The summed E-state index contributed by atoms with van der Waals surface area (Å²) in [6.07, 6.45) is 0. The smallest absolute Gasteiger partial charge is 0.261 e. The van der Waals surface area contributed by atoms with Crippen molar-refractivity contribution >= 4 is 28.3 Å². The van der Waals surface area contributed by atoms with Crippen molar-refractivity contribution in [3.63, 3.8) is 0 Å². The summed E-state index contributed by atoms with van der Waals surface area (Å²) in [5, 5.41) is 14.2. The molecular formula is C22H20N2O3. The van der Waals surface area contributed by atoms with Crippen LogP contribution in [-0.4, -0.2) is 35.0 Å². The third kappa shape index (κ3) is 2.86. The molecule has 0 unspecified atom stereocenters. The zero-order valence-corrected chi connectivity index (χ0v) is 15.0. The highest BCUT2D eigenvalue weighted by Gasteiger charge is 2.32. The maximum Gasteiger partial charge on any atom is 0.261 e. The number of aliphatic hydroxyl groups excluding tert-OH is 1. The normalized spacial score (nSPS) is 14.5. The lowest BCUT2D eigenvalue weighted by Gasteiger charge is -2.27. The van der Waals surface area contributed by atoms with E-state index in [0.717, 1.165) is 21.5 Å². The van der Waals surface area contributed by atoms with Crippen LogP contribution in [-0.2, 0) is 0 Å². The molecule has 1 aliphatic heterocycles. The standard InChI is InChI=1S/C22H20N2O3/c1-14(15-6-3-2-4-7-15)23-19-11-10-18-20-16(19)8-5-9-17(20)21(26)24(12-13-25)22(18)27/h2-11,14,23,25H,12-13H2,1H3/t14-/m0/s1. The van der Waals surface area contributed by atoms with Crippen LogP contribution in [0.25, 0.3) is 10.8 Å². The summed E-state index contributed by atoms with van der Waals surface area (Å²) >= 11 is 0. The van der Waals surface area contributed by atoms with Crippen molar-refractivity contribution in [3.05, 3.63) is 77.4 Å². The molecule has 0 spiro atoms. The quantitative estimate of drug-likeness (QED) is 0.682. The first-order valence-corrected chi connectivity index (χ1v) is 8.96. The number of benzene rings is 3. The van der Waals surface area contributed by atoms with Crippen LogP contribution in [0, 0.1) is 0 Å². The van der Waals surface area contributed by atoms with Gasteiger partial charge in [-0.05, 0) is 30.7 Å². The second-order valence-electron chi connectivity index (χ2n) is 6.65. The van der Waals surface area contributed by atoms with Gasteiger partial charge >= 0.3 is 0 Å². The van der Waals surface area contributed by atoms with E-state index in [9.17, 15) is 14.7 Å². The second kappa shape index (κ2) is 6.85. The van der Waals surface area contributed by atoms with Crippen LogP contribution < -0.4 is 5.32 Å². The molecule has 0 aliphatic carbocycles. The molecule has 0 radical (unpaired) electrons. The summed E-state index contributed by atoms with van der Waals surface area (Å²) in [7, 11) is 0. The number of rotatable bonds is 5. The average molecular weight is 360 g/mol. The molecule has 3 aromatic carbocycles. The fourth-order valence-electron chi connectivity index (χ4n) is 3.63. The first-order valence-electron chi connectivity index (χ1n) is 8.96. The lowest BCUT2D eigenvalue weighted by atomic mass is 9.92. The number of amides is 2. The third-order valence-corrected chi connectivity index (χ3v) is 4.99. The van der Waals surface area contributed by atoms with Crippen LogP contribution in [0.2, 0.25) is 0 Å². The fraction of sp³-hybridized carbons (Fsp3) is 0.182. The Labute approximate surface area is 157 Å². The van der Waals surface area contributed by atoms with Gasteiger partial charge in [-0.15, -0.1) is 0 Å². The van der Waals surface area contributed by atoms with Crippen molar-refractivity contribution in [2.24, 2.45) is 0 Å². The van der Waals surface area contributed by atoms with Gasteiger partial charge in [-0.1, -0.05) is 42.5 Å². The number of aliphatic hydroxyl groups is 1. The van der Waals surface area contributed by atoms with E-state index < -0.39 is 0 Å². The van der Waals surface area contributed by atoms with Gasteiger partial charge in [-0.25, -0.2) is 0 Å². The van der Waals surface area contributed by atoms with Crippen LogP contribution in [0.5, 0.6) is 0 Å². The molecule has 0 fully saturated rings. The zero-order chi connectivity index (χ0) is 19.0. The Balaban J connectivity index is 1.80. The number of hydrogen-bond acceptors (Lipinski definition) is 4. The molecular weight excluding hydrogens is 340 g/mol. The van der Waals surface area contributed by atoms with E-state index in [-0.39, 0.29) is 31.0 Å². The monoisotopic (exact) mass is 360 g/mol. The molecule has 1 atom stereocenters. The number of hydrogen-bond donors (Lipinski definition) is 2. The largest absolute Gasteiger partial charge is 0.395 e. The van der Waals surface area contributed by atoms with Gasteiger partial charge in [0.25, 0.3) is 11.8 Å². The maximum atomic E-state index is 12.7.